The fourth-order valence-electron chi connectivity index (χ4n) is 2.90. The Labute approximate surface area is 134 Å². The third-order valence-electron chi connectivity index (χ3n) is 4.15. The molecule has 23 heavy (non-hydrogen) atoms. The molecule has 2 aromatic heterocycles. The number of amides is 1. The van der Waals surface area contributed by atoms with Crippen LogP contribution in [0.2, 0.25) is 0 Å². The number of rotatable bonds is 4. The van der Waals surface area contributed by atoms with Gasteiger partial charge in [0.25, 0.3) is 5.91 Å². The van der Waals surface area contributed by atoms with E-state index in [2.05, 4.69) is 25.1 Å². The van der Waals surface area contributed by atoms with Crippen molar-refractivity contribution in [3.63, 3.8) is 0 Å². The van der Waals surface area contributed by atoms with Gasteiger partial charge in [0.15, 0.2) is 5.82 Å². The number of pyridine rings is 1. The summed E-state index contributed by atoms with van der Waals surface area (Å²) in [5, 5.41) is 11.5. The van der Waals surface area contributed by atoms with E-state index in [9.17, 15) is 9.18 Å². The summed E-state index contributed by atoms with van der Waals surface area (Å²) in [6, 6.07) is 2.39. The van der Waals surface area contributed by atoms with Crippen molar-refractivity contribution in [1.29, 1.82) is 0 Å². The number of carbonyl (C=O) groups is 1. The predicted octanol–water partition coefficient (Wildman–Crippen LogP) is 2.42. The first kappa shape index (κ1) is 15.6. The Morgan fingerprint density at radius 1 is 1.39 bits per heavy atom. The van der Waals surface area contributed by atoms with Crippen molar-refractivity contribution in [3.05, 3.63) is 41.5 Å². The van der Waals surface area contributed by atoms with Crippen LogP contribution in [0.4, 0.5) is 4.39 Å². The highest BCUT2D eigenvalue weighted by atomic mass is 19.1. The summed E-state index contributed by atoms with van der Waals surface area (Å²) in [4.78, 5) is 15.8. The summed E-state index contributed by atoms with van der Waals surface area (Å²) in [6.07, 6.45) is 6.30. The zero-order valence-corrected chi connectivity index (χ0v) is 13.1. The van der Waals surface area contributed by atoms with Gasteiger partial charge >= 0.3 is 0 Å². The monoisotopic (exact) mass is 317 g/mol. The molecule has 0 aliphatic carbocycles. The molecule has 0 radical (unpaired) electrons. The highest BCUT2D eigenvalue weighted by Crippen LogP contribution is 2.21. The normalized spacial score (nSPS) is 15.6. The van der Waals surface area contributed by atoms with Crippen LogP contribution in [-0.4, -0.2) is 25.7 Å². The summed E-state index contributed by atoms with van der Waals surface area (Å²) >= 11 is 0. The third kappa shape index (κ3) is 3.38. The summed E-state index contributed by atoms with van der Waals surface area (Å²) < 4.78 is 15.3. The van der Waals surface area contributed by atoms with Crippen molar-refractivity contribution in [2.75, 3.05) is 0 Å². The van der Waals surface area contributed by atoms with Gasteiger partial charge in [-0.1, -0.05) is 13.3 Å². The molecule has 1 N–H and O–H groups in total. The van der Waals surface area contributed by atoms with Gasteiger partial charge in [0.05, 0.1) is 6.04 Å². The number of aromatic nitrogens is 4. The molecule has 3 heterocycles. The molecule has 7 heteroatoms. The van der Waals surface area contributed by atoms with Crippen molar-refractivity contribution in [3.8, 4) is 0 Å². The summed E-state index contributed by atoms with van der Waals surface area (Å²) in [5.74, 6) is 0.776. The largest absolute Gasteiger partial charge is 0.342 e. The third-order valence-corrected chi connectivity index (χ3v) is 4.15. The number of fused-ring (bicyclic) bond motifs is 1. The lowest BCUT2D eigenvalue weighted by atomic mass is 10.1. The molecule has 2 aromatic rings. The second-order valence-electron chi connectivity index (χ2n) is 5.74. The zero-order valence-electron chi connectivity index (χ0n) is 13.1. The van der Waals surface area contributed by atoms with E-state index in [4.69, 9.17) is 0 Å². The maximum atomic E-state index is 13.2. The molecule has 0 saturated carbocycles. The van der Waals surface area contributed by atoms with E-state index in [-0.39, 0.29) is 17.5 Å². The Hall–Kier alpha value is -2.31. The minimum atomic E-state index is -0.665. The standard InChI is InChI=1S/C16H20FN5O/c1-2-12(19-16(23)11-7-8-18-13(17)10-11)15-21-20-14-6-4-3-5-9-22(14)15/h7-8,10,12H,2-6,9H2,1H3,(H,19,23). The van der Waals surface area contributed by atoms with Crippen molar-refractivity contribution in [2.24, 2.45) is 0 Å². The molecular formula is C16H20FN5O. The van der Waals surface area contributed by atoms with Crippen molar-refractivity contribution >= 4 is 5.91 Å². The molecule has 1 aliphatic rings. The average molecular weight is 317 g/mol. The molecule has 1 aliphatic heterocycles. The first-order valence-electron chi connectivity index (χ1n) is 8.03. The van der Waals surface area contributed by atoms with Gasteiger partial charge in [-0.3, -0.25) is 4.79 Å². The van der Waals surface area contributed by atoms with Crippen LogP contribution in [0.5, 0.6) is 0 Å². The Balaban J connectivity index is 1.80. The number of halogens is 1. The average Bonchev–Trinajstić information content (AvgIpc) is 2.80. The molecule has 0 saturated heterocycles. The zero-order chi connectivity index (χ0) is 16.2. The number of aryl methyl sites for hydroxylation is 1. The first-order chi connectivity index (χ1) is 11.2. The first-order valence-corrected chi connectivity index (χ1v) is 8.03. The molecule has 1 amide bonds. The number of hydrogen-bond acceptors (Lipinski definition) is 4. The van der Waals surface area contributed by atoms with Gasteiger partial charge < -0.3 is 9.88 Å². The van der Waals surface area contributed by atoms with Gasteiger partial charge in [0.1, 0.15) is 5.82 Å². The Bertz CT molecular complexity index is 700. The highest BCUT2D eigenvalue weighted by molar-refractivity contribution is 5.94. The van der Waals surface area contributed by atoms with E-state index in [1.54, 1.807) is 0 Å². The lowest BCUT2D eigenvalue weighted by Crippen LogP contribution is -2.30. The molecule has 122 valence electrons. The van der Waals surface area contributed by atoms with Crippen LogP contribution in [0.1, 0.15) is 60.7 Å². The van der Waals surface area contributed by atoms with Crippen molar-refractivity contribution < 1.29 is 9.18 Å². The van der Waals surface area contributed by atoms with Crippen LogP contribution in [0.15, 0.2) is 18.3 Å². The minimum absolute atomic E-state index is 0.238. The molecule has 0 spiro atoms. The Kier molecular flexibility index (Phi) is 4.64. The van der Waals surface area contributed by atoms with Gasteiger partial charge in [-0.2, -0.15) is 4.39 Å². The summed E-state index contributed by atoms with van der Waals surface area (Å²) in [6.45, 7) is 2.87. The van der Waals surface area contributed by atoms with E-state index in [1.807, 2.05) is 6.92 Å². The quantitative estimate of drug-likeness (QED) is 0.879. The summed E-state index contributed by atoms with van der Waals surface area (Å²) in [5.41, 5.74) is 0.256. The van der Waals surface area contributed by atoms with Gasteiger partial charge in [0.2, 0.25) is 5.95 Å². The topological polar surface area (TPSA) is 72.7 Å². The van der Waals surface area contributed by atoms with Crippen LogP contribution >= 0.6 is 0 Å². The van der Waals surface area contributed by atoms with Crippen molar-refractivity contribution in [2.45, 2.75) is 51.6 Å². The maximum absolute atomic E-state index is 13.2. The molecule has 0 fully saturated rings. The summed E-state index contributed by atoms with van der Waals surface area (Å²) in [7, 11) is 0. The van der Waals surface area contributed by atoms with E-state index in [1.165, 1.54) is 18.7 Å². The van der Waals surface area contributed by atoms with Crippen LogP contribution in [0.25, 0.3) is 0 Å². The Morgan fingerprint density at radius 2 is 2.26 bits per heavy atom. The molecule has 0 aromatic carbocycles. The van der Waals surface area contributed by atoms with E-state index in [0.717, 1.165) is 43.5 Å². The lowest BCUT2D eigenvalue weighted by molar-refractivity contribution is 0.0932. The van der Waals surface area contributed by atoms with E-state index < -0.39 is 5.95 Å². The second kappa shape index (κ2) is 6.85. The molecular weight excluding hydrogens is 297 g/mol. The number of nitrogens with zero attached hydrogens (tertiary/aromatic N) is 4. The molecule has 1 atom stereocenters. The van der Waals surface area contributed by atoms with Gasteiger partial charge in [-0.25, -0.2) is 4.98 Å². The second-order valence-corrected chi connectivity index (χ2v) is 5.74. The van der Waals surface area contributed by atoms with Gasteiger partial charge in [-0.15, -0.1) is 10.2 Å². The van der Waals surface area contributed by atoms with Crippen LogP contribution < -0.4 is 5.32 Å². The molecule has 1 unspecified atom stereocenters. The molecule has 0 bridgehead atoms. The minimum Gasteiger partial charge on any atom is -0.342 e. The van der Waals surface area contributed by atoms with Gasteiger partial charge in [0, 0.05) is 30.8 Å². The lowest BCUT2D eigenvalue weighted by Gasteiger charge is -2.18. The molecule has 3 rings (SSSR count). The van der Waals surface area contributed by atoms with Crippen LogP contribution in [0.3, 0.4) is 0 Å². The maximum Gasteiger partial charge on any atom is 0.252 e. The van der Waals surface area contributed by atoms with Crippen LogP contribution in [0, 0.1) is 5.95 Å². The predicted molar refractivity (Wildman–Crippen MR) is 82.3 cm³/mol. The van der Waals surface area contributed by atoms with Crippen molar-refractivity contribution in [1.82, 2.24) is 25.1 Å². The highest BCUT2D eigenvalue weighted by Gasteiger charge is 2.23. The number of hydrogen-bond donors (Lipinski definition) is 1. The SMILES string of the molecule is CCC(NC(=O)c1ccnc(F)c1)c1nnc2n1CCCCC2. The van der Waals surface area contributed by atoms with E-state index in [0.29, 0.717) is 6.42 Å². The smallest absolute Gasteiger partial charge is 0.252 e. The fourth-order valence-corrected chi connectivity index (χ4v) is 2.90. The fraction of sp³-hybridized carbons (Fsp3) is 0.500. The van der Waals surface area contributed by atoms with Crippen LogP contribution in [-0.2, 0) is 13.0 Å². The van der Waals surface area contributed by atoms with Gasteiger partial charge in [-0.05, 0) is 25.3 Å². The molecule has 6 nitrogen and oxygen atoms in total. The van der Waals surface area contributed by atoms with E-state index >= 15 is 0 Å². The Morgan fingerprint density at radius 3 is 3.04 bits per heavy atom. The number of nitrogens with one attached hydrogen (secondary N) is 1. The number of carbonyl (C=O) groups excluding carboxylic acids is 1.